The summed E-state index contributed by atoms with van der Waals surface area (Å²) in [5, 5.41) is 8.54. The second-order valence-corrected chi connectivity index (χ2v) is 3.97. The quantitative estimate of drug-likeness (QED) is 0.887. The van der Waals surface area contributed by atoms with E-state index in [4.69, 9.17) is 5.11 Å². The molecule has 0 bridgehead atoms. The Labute approximate surface area is 88.4 Å². The summed E-state index contributed by atoms with van der Waals surface area (Å²) < 4.78 is 2.05. The van der Waals surface area contributed by atoms with Crippen molar-refractivity contribution in [1.29, 1.82) is 0 Å². The van der Waals surface area contributed by atoms with E-state index in [2.05, 4.69) is 31.9 Å². The third kappa shape index (κ3) is 2.73. The van der Waals surface area contributed by atoms with Crippen molar-refractivity contribution in [2.24, 2.45) is 0 Å². The van der Waals surface area contributed by atoms with Crippen molar-refractivity contribution in [2.75, 3.05) is 6.61 Å². The van der Waals surface area contributed by atoms with Crippen molar-refractivity contribution in [3.8, 4) is 0 Å². The average molecular weight is 292 g/mol. The fourth-order valence-corrected chi connectivity index (χ4v) is 1.45. The van der Waals surface area contributed by atoms with Crippen molar-refractivity contribution in [1.82, 2.24) is 0 Å². The standard InChI is InChI=1S/C9H8Br2O/c10-8-4-3-7(2-1-5-12)6-9(8)11/h1-4,6,12H,5H2. The molecule has 0 amide bonds. The van der Waals surface area contributed by atoms with E-state index in [0.717, 1.165) is 14.5 Å². The normalized spacial score (nSPS) is 10.9. The SMILES string of the molecule is OCC=Cc1ccc(Br)c(Br)c1. The summed E-state index contributed by atoms with van der Waals surface area (Å²) in [6.45, 7) is 0.0771. The summed E-state index contributed by atoms with van der Waals surface area (Å²) in [5.41, 5.74) is 1.07. The minimum Gasteiger partial charge on any atom is -0.392 e. The molecular weight excluding hydrogens is 284 g/mol. The van der Waals surface area contributed by atoms with Crippen molar-refractivity contribution in [3.05, 3.63) is 38.8 Å². The van der Waals surface area contributed by atoms with Gasteiger partial charge in [-0.2, -0.15) is 0 Å². The number of aliphatic hydroxyl groups is 1. The Morgan fingerprint density at radius 1 is 1.25 bits per heavy atom. The summed E-state index contributed by atoms with van der Waals surface area (Å²) in [5.74, 6) is 0. The van der Waals surface area contributed by atoms with Gasteiger partial charge in [-0.25, -0.2) is 0 Å². The fourth-order valence-electron chi connectivity index (χ4n) is 0.805. The third-order valence-corrected chi connectivity index (χ3v) is 3.24. The number of hydrogen-bond donors (Lipinski definition) is 1. The van der Waals surface area contributed by atoms with Crippen LogP contribution in [0.15, 0.2) is 33.2 Å². The minimum absolute atomic E-state index is 0.0771. The predicted octanol–water partition coefficient (Wildman–Crippen LogP) is 3.22. The smallest absolute Gasteiger partial charge is 0.0615 e. The number of halogens is 2. The van der Waals surface area contributed by atoms with Crippen molar-refractivity contribution >= 4 is 37.9 Å². The van der Waals surface area contributed by atoms with Gasteiger partial charge in [0.15, 0.2) is 0 Å². The maximum atomic E-state index is 8.54. The molecule has 1 N–H and O–H groups in total. The van der Waals surface area contributed by atoms with E-state index >= 15 is 0 Å². The molecule has 0 aliphatic heterocycles. The molecule has 0 heterocycles. The second kappa shape index (κ2) is 4.80. The summed E-state index contributed by atoms with van der Waals surface area (Å²) in [6, 6.07) is 5.92. The van der Waals surface area contributed by atoms with Gasteiger partial charge in [0.25, 0.3) is 0 Å². The number of hydrogen-bond acceptors (Lipinski definition) is 1. The highest BCUT2D eigenvalue weighted by Crippen LogP contribution is 2.24. The summed E-state index contributed by atoms with van der Waals surface area (Å²) in [6.07, 6.45) is 3.58. The lowest BCUT2D eigenvalue weighted by molar-refractivity contribution is 0.343. The summed E-state index contributed by atoms with van der Waals surface area (Å²) >= 11 is 6.77. The van der Waals surface area contributed by atoms with Crippen molar-refractivity contribution in [3.63, 3.8) is 0 Å². The molecule has 12 heavy (non-hydrogen) atoms. The molecule has 0 spiro atoms. The largest absolute Gasteiger partial charge is 0.392 e. The van der Waals surface area contributed by atoms with E-state index in [1.807, 2.05) is 24.3 Å². The molecule has 1 aromatic carbocycles. The Morgan fingerprint density at radius 2 is 2.00 bits per heavy atom. The van der Waals surface area contributed by atoms with Crippen LogP contribution in [0.2, 0.25) is 0 Å². The molecule has 0 atom stereocenters. The van der Waals surface area contributed by atoms with Gasteiger partial charge in [-0.15, -0.1) is 0 Å². The molecule has 1 nitrogen and oxygen atoms in total. The molecule has 0 radical (unpaired) electrons. The zero-order chi connectivity index (χ0) is 8.97. The second-order valence-electron chi connectivity index (χ2n) is 2.26. The van der Waals surface area contributed by atoms with Crippen LogP contribution in [0.3, 0.4) is 0 Å². The zero-order valence-electron chi connectivity index (χ0n) is 6.30. The molecule has 1 rings (SSSR count). The van der Waals surface area contributed by atoms with Gasteiger partial charge in [-0.3, -0.25) is 0 Å². The molecule has 0 saturated heterocycles. The van der Waals surface area contributed by atoms with E-state index in [1.165, 1.54) is 0 Å². The molecule has 0 saturated carbocycles. The lowest BCUT2D eigenvalue weighted by Crippen LogP contribution is -1.76. The van der Waals surface area contributed by atoms with E-state index < -0.39 is 0 Å². The monoisotopic (exact) mass is 290 g/mol. The first kappa shape index (κ1) is 9.96. The predicted molar refractivity (Wildman–Crippen MR) is 58.0 cm³/mol. The maximum Gasteiger partial charge on any atom is 0.0615 e. The van der Waals surface area contributed by atoms with Crippen LogP contribution in [-0.2, 0) is 0 Å². The first-order valence-corrected chi connectivity index (χ1v) is 5.05. The van der Waals surface area contributed by atoms with Gasteiger partial charge in [-0.05, 0) is 49.6 Å². The van der Waals surface area contributed by atoms with Crippen molar-refractivity contribution in [2.45, 2.75) is 0 Å². The van der Waals surface area contributed by atoms with Gasteiger partial charge in [0.1, 0.15) is 0 Å². The van der Waals surface area contributed by atoms with E-state index in [-0.39, 0.29) is 6.61 Å². The molecule has 3 heteroatoms. The van der Waals surface area contributed by atoms with Crippen LogP contribution < -0.4 is 0 Å². The highest BCUT2D eigenvalue weighted by molar-refractivity contribution is 9.13. The van der Waals surface area contributed by atoms with Crippen LogP contribution in [-0.4, -0.2) is 11.7 Å². The summed E-state index contributed by atoms with van der Waals surface area (Å²) in [4.78, 5) is 0. The number of rotatable bonds is 2. The van der Waals surface area contributed by atoms with E-state index in [9.17, 15) is 0 Å². The van der Waals surface area contributed by atoms with Crippen LogP contribution in [0, 0.1) is 0 Å². The molecule has 0 aliphatic carbocycles. The van der Waals surface area contributed by atoms with Crippen LogP contribution in [0.4, 0.5) is 0 Å². The maximum absolute atomic E-state index is 8.54. The highest BCUT2D eigenvalue weighted by Gasteiger charge is 1.94. The zero-order valence-corrected chi connectivity index (χ0v) is 9.47. The molecule has 64 valence electrons. The Kier molecular flexibility index (Phi) is 3.98. The Hall–Kier alpha value is -0.120. The number of aliphatic hydroxyl groups excluding tert-OH is 1. The minimum atomic E-state index is 0.0771. The third-order valence-electron chi connectivity index (χ3n) is 1.36. The van der Waals surface area contributed by atoms with Gasteiger partial charge < -0.3 is 5.11 Å². The molecule has 0 fully saturated rings. The first-order chi connectivity index (χ1) is 5.74. The van der Waals surface area contributed by atoms with Gasteiger partial charge in [-0.1, -0.05) is 18.2 Å². The van der Waals surface area contributed by atoms with Gasteiger partial charge in [0.2, 0.25) is 0 Å². The van der Waals surface area contributed by atoms with Gasteiger partial charge in [0.05, 0.1) is 6.61 Å². The van der Waals surface area contributed by atoms with Crippen LogP contribution in [0.25, 0.3) is 6.08 Å². The molecule has 1 aromatic rings. The molecule has 0 aromatic heterocycles. The Bertz CT molecular complexity index is 295. The molecule has 0 unspecified atom stereocenters. The topological polar surface area (TPSA) is 20.2 Å². The van der Waals surface area contributed by atoms with Gasteiger partial charge >= 0.3 is 0 Å². The van der Waals surface area contributed by atoms with Crippen LogP contribution in [0.5, 0.6) is 0 Å². The average Bonchev–Trinajstić information content (AvgIpc) is 2.07. The molecular formula is C9H8Br2O. The lowest BCUT2D eigenvalue weighted by atomic mass is 10.2. The number of benzene rings is 1. The van der Waals surface area contributed by atoms with Crippen LogP contribution in [0.1, 0.15) is 5.56 Å². The van der Waals surface area contributed by atoms with Crippen molar-refractivity contribution < 1.29 is 5.11 Å². The molecule has 0 aliphatic rings. The van der Waals surface area contributed by atoms with Crippen LogP contribution >= 0.6 is 31.9 Å². The first-order valence-electron chi connectivity index (χ1n) is 3.46. The highest BCUT2D eigenvalue weighted by atomic mass is 79.9. The summed E-state index contributed by atoms with van der Waals surface area (Å²) in [7, 11) is 0. The van der Waals surface area contributed by atoms with E-state index in [1.54, 1.807) is 6.08 Å². The fraction of sp³-hybridized carbons (Fsp3) is 0.111. The Morgan fingerprint density at radius 3 is 2.58 bits per heavy atom. The Balaban J connectivity index is 2.89. The van der Waals surface area contributed by atoms with Gasteiger partial charge in [0, 0.05) is 8.95 Å². The van der Waals surface area contributed by atoms with E-state index in [0.29, 0.717) is 0 Å². The lowest BCUT2D eigenvalue weighted by Gasteiger charge is -1.97.